The van der Waals surface area contributed by atoms with Gasteiger partial charge in [0.1, 0.15) is 5.75 Å². The maximum Gasteiger partial charge on any atom is 0.177 e. The lowest BCUT2D eigenvalue weighted by Gasteiger charge is -2.03. The molecule has 0 spiro atoms. The minimum Gasteiger partial charge on any atom is -0.496 e. The summed E-state index contributed by atoms with van der Waals surface area (Å²) in [4.78, 5) is 12.8. The predicted octanol–water partition coefficient (Wildman–Crippen LogP) is 4.14. The molecule has 0 aliphatic rings. The summed E-state index contributed by atoms with van der Waals surface area (Å²) in [6, 6.07) is 7.50. The summed E-state index contributed by atoms with van der Waals surface area (Å²) in [5, 5.41) is 2.47. The van der Waals surface area contributed by atoms with E-state index in [4.69, 9.17) is 16.3 Å². The number of ketones is 1. The Hall–Kier alpha value is -1.32. The van der Waals surface area contributed by atoms with E-state index in [0.29, 0.717) is 16.3 Å². The molecule has 0 radical (unpaired) electrons. The van der Waals surface area contributed by atoms with Crippen LogP contribution in [0.3, 0.4) is 0 Å². The van der Waals surface area contributed by atoms with Crippen molar-refractivity contribution in [2.75, 3.05) is 7.11 Å². The molecule has 1 heterocycles. The number of carbonyl (C=O) groups is 1. The highest BCUT2D eigenvalue weighted by atomic mass is 35.5. The van der Waals surface area contributed by atoms with Crippen LogP contribution in [0, 0.1) is 6.92 Å². The fourth-order valence-corrected chi connectivity index (χ4v) is 2.72. The maximum absolute atomic E-state index is 12.1. The molecule has 0 atom stereocenters. The summed E-state index contributed by atoms with van der Waals surface area (Å²) in [6.45, 7) is 1.97. The van der Waals surface area contributed by atoms with Gasteiger partial charge >= 0.3 is 0 Å². The number of methoxy groups -OCH3 is 1. The standard InChI is InChI=1S/C14H13ClO2S/c1-9-3-4-10(12(15)5-9)6-13(16)14-7-11(17-2)8-18-14/h3-5,7-8H,6H2,1-2H3. The van der Waals surface area contributed by atoms with Gasteiger partial charge in [0.2, 0.25) is 0 Å². The van der Waals surface area contributed by atoms with E-state index in [-0.39, 0.29) is 5.78 Å². The van der Waals surface area contributed by atoms with Crippen molar-refractivity contribution in [2.24, 2.45) is 0 Å². The number of rotatable bonds is 4. The van der Waals surface area contributed by atoms with E-state index in [0.717, 1.165) is 16.9 Å². The summed E-state index contributed by atoms with van der Waals surface area (Å²) in [7, 11) is 1.59. The maximum atomic E-state index is 12.1. The molecule has 0 unspecified atom stereocenters. The Kier molecular flexibility index (Phi) is 4.04. The Balaban J connectivity index is 2.16. The number of benzene rings is 1. The first-order chi connectivity index (χ1) is 8.60. The number of halogens is 1. The van der Waals surface area contributed by atoms with E-state index in [1.807, 2.05) is 30.5 Å². The Labute approximate surface area is 115 Å². The smallest absolute Gasteiger partial charge is 0.177 e. The fourth-order valence-electron chi connectivity index (χ4n) is 1.63. The number of hydrogen-bond donors (Lipinski definition) is 0. The van der Waals surface area contributed by atoms with Gasteiger partial charge in [0.05, 0.1) is 12.0 Å². The molecule has 0 amide bonds. The average molecular weight is 281 g/mol. The van der Waals surface area contributed by atoms with Crippen LogP contribution in [0.1, 0.15) is 20.8 Å². The van der Waals surface area contributed by atoms with Gasteiger partial charge in [0.25, 0.3) is 0 Å². The average Bonchev–Trinajstić information content (AvgIpc) is 2.81. The van der Waals surface area contributed by atoms with Gasteiger partial charge in [-0.15, -0.1) is 11.3 Å². The molecule has 0 bridgehead atoms. The summed E-state index contributed by atoms with van der Waals surface area (Å²) >= 11 is 7.51. The molecule has 0 aliphatic heterocycles. The molecule has 0 aliphatic carbocycles. The van der Waals surface area contributed by atoms with Gasteiger partial charge in [-0.25, -0.2) is 0 Å². The number of carbonyl (C=O) groups excluding carboxylic acids is 1. The van der Waals surface area contributed by atoms with Gasteiger partial charge in [0, 0.05) is 22.9 Å². The largest absolute Gasteiger partial charge is 0.496 e. The number of hydrogen-bond acceptors (Lipinski definition) is 3. The highest BCUT2D eigenvalue weighted by Crippen LogP contribution is 2.24. The zero-order chi connectivity index (χ0) is 13.1. The van der Waals surface area contributed by atoms with Crippen LogP contribution in [-0.2, 0) is 6.42 Å². The number of Topliss-reactive ketones (excluding diaryl/α,β-unsaturated/α-hetero) is 1. The number of ether oxygens (including phenoxy) is 1. The lowest BCUT2D eigenvalue weighted by atomic mass is 10.1. The second-order valence-electron chi connectivity index (χ2n) is 4.05. The van der Waals surface area contributed by atoms with Crippen LogP contribution >= 0.6 is 22.9 Å². The first kappa shape index (κ1) is 13.1. The topological polar surface area (TPSA) is 26.3 Å². The quantitative estimate of drug-likeness (QED) is 0.787. The van der Waals surface area contributed by atoms with Crippen molar-refractivity contribution in [3.8, 4) is 5.75 Å². The molecule has 1 aromatic heterocycles. The van der Waals surface area contributed by atoms with E-state index in [1.165, 1.54) is 11.3 Å². The SMILES string of the molecule is COc1csc(C(=O)Cc2ccc(C)cc2Cl)c1. The molecule has 0 saturated carbocycles. The van der Waals surface area contributed by atoms with Crippen molar-refractivity contribution in [2.45, 2.75) is 13.3 Å². The van der Waals surface area contributed by atoms with Crippen molar-refractivity contribution >= 4 is 28.7 Å². The number of thiophene rings is 1. The molecular formula is C14H13ClO2S. The molecule has 18 heavy (non-hydrogen) atoms. The van der Waals surface area contributed by atoms with Gasteiger partial charge in [0.15, 0.2) is 5.78 Å². The third-order valence-electron chi connectivity index (χ3n) is 2.65. The third-order valence-corrected chi connectivity index (χ3v) is 3.95. The molecule has 2 aromatic rings. The zero-order valence-corrected chi connectivity index (χ0v) is 11.8. The molecule has 0 fully saturated rings. The molecule has 4 heteroatoms. The molecule has 0 N–H and O–H groups in total. The Bertz CT molecular complexity index is 575. The van der Waals surface area contributed by atoms with Crippen LogP contribution in [0.4, 0.5) is 0 Å². The Morgan fingerprint density at radius 2 is 2.17 bits per heavy atom. The summed E-state index contributed by atoms with van der Waals surface area (Å²) in [5.41, 5.74) is 1.95. The van der Waals surface area contributed by atoms with E-state index in [9.17, 15) is 4.79 Å². The fraction of sp³-hybridized carbons (Fsp3) is 0.214. The number of aryl methyl sites for hydroxylation is 1. The monoisotopic (exact) mass is 280 g/mol. The summed E-state index contributed by atoms with van der Waals surface area (Å²) in [5.74, 6) is 0.785. The predicted molar refractivity (Wildman–Crippen MR) is 75.1 cm³/mol. The van der Waals surface area contributed by atoms with Gasteiger partial charge in [-0.1, -0.05) is 23.7 Å². The Morgan fingerprint density at radius 3 is 2.78 bits per heavy atom. The van der Waals surface area contributed by atoms with Crippen molar-refractivity contribution in [3.63, 3.8) is 0 Å². The van der Waals surface area contributed by atoms with Crippen molar-refractivity contribution in [3.05, 3.63) is 50.7 Å². The summed E-state index contributed by atoms with van der Waals surface area (Å²) in [6.07, 6.45) is 0.322. The van der Waals surface area contributed by atoms with Gasteiger partial charge < -0.3 is 4.74 Å². The minimum absolute atomic E-state index is 0.0639. The molecule has 94 valence electrons. The zero-order valence-electron chi connectivity index (χ0n) is 10.2. The van der Waals surface area contributed by atoms with Crippen LogP contribution in [0.2, 0.25) is 5.02 Å². The molecule has 1 aromatic carbocycles. The van der Waals surface area contributed by atoms with Crippen LogP contribution in [0.25, 0.3) is 0 Å². The molecule has 2 rings (SSSR count). The van der Waals surface area contributed by atoms with E-state index in [2.05, 4.69) is 0 Å². The molecule has 0 saturated heterocycles. The van der Waals surface area contributed by atoms with Crippen LogP contribution in [0.15, 0.2) is 29.6 Å². The van der Waals surface area contributed by atoms with Crippen molar-refractivity contribution in [1.82, 2.24) is 0 Å². The van der Waals surface area contributed by atoms with E-state index < -0.39 is 0 Å². The van der Waals surface area contributed by atoms with E-state index in [1.54, 1.807) is 13.2 Å². The van der Waals surface area contributed by atoms with Crippen LogP contribution in [-0.4, -0.2) is 12.9 Å². The van der Waals surface area contributed by atoms with Gasteiger partial charge in [-0.3, -0.25) is 4.79 Å². The molecule has 2 nitrogen and oxygen atoms in total. The van der Waals surface area contributed by atoms with Crippen molar-refractivity contribution < 1.29 is 9.53 Å². The van der Waals surface area contributed by atoms with Crippen LogP contribution < -0.4 is 4.74 Å². The normalized spacial score (nSPS) is 10.4. The highest BCUT2D eigenvalue weighted by Gasteiger charge is 2.12. The third kappa shape index (κ3) is 2.92. The first-order valence-corrected chi connectivity index (χ1v) is 6.76. The van der Waals surface area contributed by atoms with Crippen LogP contribution in [0.5, 0.6) is 5.75 Å². The Morgan fingerprint density at radius 1 is 1.39 bits per heavy atom. The summed E-state index contributed by atoms with van der Waals surface area (Å²) < 4.78 is 5.07. The lowest BCUT2D eigenvalue weighted by molar-refractivity contribution is 0.0996. The lowest BCUT2D eigenvalue weighted by Crippen LogP contribution is -2.01. The second-order valence-corrected chi connectivity index (χ2v) is 5.36. The van der Waals surface area contributed by atoms with Gasteiger partial charge in [-0.2, -0.15) is 0 Å². The second kappa shape index (κ2) is 5.55. The molecular weight excluding hydrogens is 268 g/mol. The van der Waals surface area contributed by atoms with Gasteiger partial charge in [-0.05, 0) is 24.1 Å². The van der Waals surface area contributed by atoms with E-state index >= 15 is 0 Å². The highest BCUT2D eigenvalue weighted by molar-refractivity contribution is 7.12. The first-order valence-electron chi connectivity index (χ1n) is 5.51. The minimum atomic E-state index is 0.0639. The van der Waals surface area contributed by atoms with Crippen molar-refractivity contribution in [1.29, 1.82) is 0 Å².